The predicted octanol–water partition coefficient (Wildman–Crippen LogP) is 4.56. The van der Waals surface area contributed by atoms with Gasteiger partial charge in [0.1, 0.15) is 9.71 Å². The van der Waals surface area contributed by atoms with Crippen molar-refractivity contribution in [3.63, 3.8) is 0 Å². The van der Waals surface area contributed by atoms with Gasteiger partial charge in [0.05, 0.1) is 29.2 Å². The average Bonchev–Trinajstić information content (AvgIpc) is 3.33. The molecular formula is C19H17N3O2S2. The van der Waals surface area contributed by atoms with E-state index in [-0.39, 0.29) is 5.97 Å². The molecule has 0 atom stereocenters. The molecule has 0 radical (unpaired) electrons. The average molecular weight is 383 g/mol. The van der Waals surface area contributed by atoms with E-state index in [0.29, 0.717) is 17.9 Å². The Morgan fingerprint density at radius 2 is 2.00 bits per heavy atom. The lowest BCUT2D eigenvalue weighted by Gasteiger charge is -2.03. The summed E-state index contributed by atoms with van der Waals surface area (Å²) in [5, 5.41) is 5.59. The van der Waals surface area contributed by atoms with Gasteiger partial charge in [0.15, 0.2) is 0 Å². The number of thiazole rings is 1. The second-order valence-corrected chi connectivity index (χ2v) is 7.88. The number of thiophene rings is 1. The normalized spacial score (nSPS) is 11.2. The Hall–Kier alpha value is -2.51. The number of ether oxygens (including phenoxy) is 1. The first-order chi connectivity index (χ1) is 12.6. The first kappa shape index (κ1) is 16.9. The van der Waals surface area contributed by atoms with Gasteiger partial charge < -0.3 is 4.74 Å². The van der Waals surface area contributed by atoms with Crippen LogP contribution in [0, 0.1) is 13.8 Å². The second-order valence-electron chi connectivity index (χ2n) is 5.91. The second kappa shape index (κ2) is 7.01. The van der Waals surface area contributed by atoms with Gasteiger partial charge in [-0.25, -0.2) is 14.5 Å². The summed E-state index contributed by atoms with van der Waals surface area (Å²) in [5.74, 6) is -0.285. The molecule has 26 heavy (non-hydrogen) atoms. The monoisotopic (exact) mass is 383 g/mol. The van der Waals surface area contributed by atoms with Gasteiger partial charge in [-0.3, -0.25) is 0 Å². The summed E-state index contributed by atoms with van der Waals surface area (Å²) in [6.45, 7) is 4.29. The van der Waals surface area contributed by atoms with Gasteiger partial charge in [0.2, 0.25) is 0 Å². The van der Waals surface area contributed by atoms with Gasteiger partial charge in [0.25, 0.3) is 0 Å². The van der Waals surface area contributed by atoms with Crippen molar-refractivity contribution >= 4 is 38.9 Å². The minimum Gasteiger partial charge on any atom is -0.461 e. The molecule has 0 aliphatic carbocycles. The topological polar surface area (TPSA) is 57.0 Å². The number of para-hydroxylation sites is 1. The van der Waals surface area contributed by atoms with Gasteiger partial charge >= 0.3 is 5.97 Å². The van der Waals surface area contributed by atoms with Crippen LogP contribution in [0.15, 0.2) is 41.9 Å². The van der Waals surface area contributed by atoms with E-state index in [9.17, 15) is 4.79 Å². The van der Waals surface area contributed by atoms with Crippen molar-refractivity contribution in [1.29, 1.82) is 0 Å². The molecule has 0 aliphatic heterocycles. The predicted molar refractivity (Wildman–Crippen MR) is 105 cm³/mol. The van der Waals surface area contributed by atoms with Crippen LogP contribution in [0.2, 0.25) is 0 Å². The Balaban J connectivity index is 1.54. The van der Waals surface area contributed by atoms with E-state index >= 15 is 0 Å². The number of esters is 1. The molecule has 0 aliphatic rings. The number of nitrogens with zero attached hydrogens (tertiary/aromatic N) is 3. The van der Waals surface area contributed by atoms with Crippen LogP contribution in [0.25, 0.3) is 15.9 Å². The molecule has 4 aromatic rings. The fourth-order valence-electron chi connectivity index (χ4n) is 2.77. The zero-order valence-electron chi connectivity index (χ0n) is 14.4. The zero-order chi connectivity index (χ0) is 18.1. The summed E-state index contributed by atoms with van der Waals surface area (Å²) >= 11 is 3.01. The Kier molecular flexibility index (Phi) is 4.57. The van der Waals surface area contributed by atoms with Crippen LogP contribution in [0.4, 0.5) is 0 Å². The Morgan fingerprint density at radius 1 is 1.19 bits per heavy atom. The zero-order valence-corrected chi connectivity index (χ0v) is 16.1. The molecule has 0 bridgehead atoms. The third kappa shape index (κ3) is 3.15. The number of hydrogen-bond acceptors (Lipinski definition) is 6. The highest BCUT2D eigenvalue weighted by Crippen LogP contribution is 2.30. The van der Waals surface area contributed by atoms with Crippen molar-refractivity contribution in [2.45, 2.75) is 20.3 Å². The van der Waals surface area contributed by atoms with Gasteiger partial charge in [-0.1, -0.05) is 18.2 Å². The van der Waals surface area contributed by atoms with Gasteiger partial charge in [-0.15, -0.1) is 22.7 Å². The lowest BCUT2D eigenvalue weighted by atomic mass is 10.3. The fraction of sp³-hybridized carbons (Fsp3) is 0.211. The molecule has 0 N–H and O–H groups in total. The SMILES string of the molecule is Cc1ncsc1CCOC(=O)c1cc2c(C)nn(-c3ccccc3)c2s1. The molecule has 3 aromatic heterocycles. The Morgan fingerprint density at radius 3 is 2.73 bits per heavy atom. The van der Waals surface area contributed by atoms with Crippen LogP contribution >= 0.6 is 22.7 Å². The minimum atomic E-state index is -0.285. The number of aromatic nitrogens is 3. The first-order valence-electron chi connectivity index (χ1n) is 8.24. The fourth-order valence-corrected chi connectivity index (χ4v) is 4.60. The van der Waals surface area contributed by atoms with Crippen molar-refractivity contribution in [3.8, 4) is 5.69 Å². The molecule has 0 saturated heterocycles. The number of fused-ring (bicyclic) bond motifs is 1. The summed E-state index contributed by atoms with van der Waals surface area (Å²) in [6.07, 6.45) is 0.698. The van der Waals surface area contributed by atoms with Crippen LogP contribution in [0.1, 0.15) is 25.9 Å². The highest BCUT2D eigenvalue weighted by atomic mass is 32.1. The molecule has 7 heteroatoms. The highest BCUT2D eigenvalue weighted by Gasteiger charge is 2.18. The van der Waals surface area contributed by atoms with E-state index < -0.39 is 0 Å². The molecule has 3 heterocycles. The van der Waals surface area contributed by atoms with E-state index in [4.69, 9.17) is 4.74 Å². The molecule has 5 nitrogen and oxygen atoms in total. The third-order valence-electron chi connectivity index (χ3n) is 4.15. The summed E-state index contributed by atoms with van der Waals surface area (Å²) < 4.78 is 7.34. The van der Waals surface area contributed by atoms with Crippen molar-refractivity contribution in [2.24, 2.45) is 0 Å². The molecule has 0 amide bonds. The molecule has 4 rings (SSSR count). The number of carbonyl (C=O) groups is 1. The molecule has 0 fully saturated rings. The number of rotatable bonds is 5. The van der Waals surface area contributed by atoms with E-state index in [1.165, 1.54) is 11.3 Å². The maximum atomic E-state index is 12.4. The molecule has 0 spiro atoms. The van der Waals surface area contributed by atoms with E-state index in [1.54, 1.807) is 11.3 Å². The maximum Gasteiger partial charge on any atom is 0.348 e. The minimum absolute atomic E-state index is 0.285. The summed E-state index contributed by atoms with van der Waals surface area (Å²) in [6, 6.07) is 11.8. The van der Waals surface area contributed by atoms with Crippen molar-refractivity contribution in [2.75, 3.05) is 6.61 Å². The first-order valence-corrected chi connectivity index (χ1v) is 9.94. The van der Waals surface area contributed by atoms with E-state index in [1.807, 2.05) is 60.4 Å². The number of benzene rings is 1. The maximum absolute atomic E-state index is 12.4. The van der Waals surface area contributed by atoms with Crippen LogP contribution in [-0.4, -0.2) is 27.3 Å². The Labute approximate surface area is 158 Å². The smallest absolute Gasteiger partial charge is 0.348 e. The molecule has 0 unspecified atom stereocenters. The molecule has 1 aromatic carbocycles. The van der Waals surface area contributed by atoms with E-state index in [0.717, 1.165) is 32.2 Å². The van der Waals surface area contributed by atoms with E-state index in [2.05, 4.69) is 10.1 Å². The lowest BCUT2D eigenvalue weighted by molar-refractivity contribution is 0.0515. The van der Waals surface area contributed by atoms with Crippen LogP contribution < -0.4 is 0 Å². The highest BCUT2D eigenvalue weighted by molar-refractivity contribution is 7.20. The largest absolute Gasteiger partial charge is 0.461 e. The summed E-state index contributed by atoms with van der Waals surface area (Å²) in [7, 11) is 0. The van der Waals surface area contributed by atoms with Crippen molar-refractivity contribution < 1.29 is 9.53 Å². The number of carbonyl (C=O) groups excluding carboxylic acids is 1. The standard InChI is InChI=1S/C19H17N3O2S2/c1-12-15-10-17(19(23)24-9-8-16-13(2)20-11-25-16)26-18(15)22(21-12)14-6-4-3-5-7-14/h3-7,10-11H,8-9H2,1-2H3. The van der Waals surface area contributed by atoms with Crippen LogP contribution in [0.5, 0.6) is 0 Å². The molecular weight excluding hydrogens is 366 g/mol. The van der Waals surface area contributed by atoms with Crippen molar-refractivity contribution in [1.82, 2.24) is 14.8 Å². The molecule has 0 saturated carbocycles. The molecule has 132 valence electrons. The quantitative estimate of drug-likeness (QED) is 0.474. The van der Waals surface area contributed by atoms with Gasteiger partial charge in [-0.2, -0.15) is 5.10 Å². The number of hydrogen-bond donors (Lipinski definition) is 0. The van der Waals surface area contributed by atoms with Crippen molar-refractivity contribution in [3.05, 3.63) is 63.1 Å². The number of aryl methyl sites for hydroxylation is 2. The van der Waals surface area contributed by atoms with Crippen LogP contribution in [-0.2, 0) is 11.2 Å². The Bertz CT molecular complexity index is 1060. The van der Waals surface area contributed by atoms with Gasteiger partial charge in [-0.05, 0) is 32.0 Å². The van der Waals surface area contributed by atoms with Crippen LogP contribution in [0.3, 0.4) is 0 Å². The third-order valence-corrected chi connectivity index (χ3v) is 6.24. The lowest BCUT2D eigenvalue weighted by Crippen LogP contribution is -2.06. The summed E-state index contributed by atoms with van der Waals surface area (Å²) in [5.41, 5.74) is 4.70. The van der Waals surface area contributed by atoms with Gasteiger partial charge in [0, 0.05) is 16.7 Å². The summed E-state index contributed by atoms with van der Waals surface area (Å²) in [4.78, 5) is 19.4.